The summed E-state index contributed by atoms with van der Waals surface area (Å²) in [5.74, 6) is -0.772. The number of anilines is 2. The highest BCUT2D eigenvalue weighted by molar-refractivity contribution is 6.02. The Morgan fingerprint density at radius 3 is 2.50 bits per heavy atom. The monoisotopic (exact) mass is 432 g/mol. The second-order valence-electron chi connectivity index (χ2n) is 7.82. The van der Waals surface area contributed by atoms with Crippen molar-refractivity contribution in [3.63, 3.8) is 0 Å². The number of nitrogens with one attached hydrogen (secondary N) is 2. The molecule has 2 heterocycles. The van der Waals surface area contributed by atoms with Crippen molar-refractivity contribution in [1.82, 2.24) is 10.3 Å². The molecule has 0 aliphatic carbocycles. The summed E-state index contributed by atoms with van der Waals surface area (Å²) in [6, 6.07) is 15.0. The molecule has 0 radical (unpaired) electrons. The number of nitrogens with zero attached hydrogens (tertiary/aromatic N) is 2. The summed E-state index contributed by atoms with van der Waals surface area (Å²) < 4.78 is 13.1. The van der Waals surface area contributed by atoms with Gasteiger partial charge in [-0.2, -0.15) is 0 Å². The van der Waals surface area contributed by atoms with E-state index in [4.69, 9.17) is 0 Å². The van der Waals surface area contributed by atoms with Gasteiger partial charge in [0.05, 0.1) is 12.0 Å². The van der Waals surface area contributed by atoms with Crippen LogP contribution in [0.1, 0.15) is 34.3 Å². The van der Waals surface area contributed by atoms with E-state index in [2.05, 4.69) is 20.5 Å². The van der Waals surface area contributed by atoms with Crippen LogP contribution in [0.4, 0.5) is 15.8 Å². The van der Waals surface area contributed by atoms with Gasteiger partial charge < -0.3 is 15.5 Å². The third kappa shape index (κ3) is 5.49. The first kappa shape index (κ1) is 21.5. The highest BCUT2D eigenvalue weighted by Gasteiger charge is 2.20. The summed E-state index contributed by atoms with van der Waals surface area (Å²) in [6.07, 6.45) is 5.71. The number of hydrogen-bond acceptors (Lipinski definition) is 4. The fourth-order valence-electron chi connectivity index (χ4n) is 3.80. The number of halogens is 1. The molecule has 7 heteroatoms. The summed E-state index contributed by atoms with van der Waals surface area (Å²) >= 11 is 0. The third-order valence-corrected chi connectivity index (χ3v) is 5.43. The van der Waals surface area contributed by atoms with Crippen LogP contribution < -0.4 is 15.5 Å². The van der Waals surface area contributed by atoms with Gasteiger partial charge in [-0.05, 0) is 60.4 Å². The molecule has 0 unspecified atom stereocenters. The van der Waals surface area contributed by atoms with Crippen molar-refractivity contribution in [1.29, 1.82) is 0 Å². The fourth-order valence-corrected chi connectivity index (χ4v) is 3.80. The molecule has 1 aliphatic rings. The lowest BCUT2D eigenvalue weighted by atomic mass is 10.1. The van der Waals surface area contributed by atoms with Gasteiger partial charge in [0.25, 0.3) is 5.91 Å². The van der Waals surface area contributed by atoms with Crippen LogP contribution in [0.3, 0.4) is 0 Å². The molecule has 2 amide bonds. The number of carbonyl (C=O) groups is 2. The number of amides is 2. The second kappa shape index (κ2) is 10.0. The molecule has 164 valence electrons. The molecule has 32 heavy (non-hydrogen) atoms. The van der Waals surface area contributed by atoms with E-state index in [9.17, 15) is 14.0 Å². The third-order valence-electron chi connectivity index (χ3n) is 5.43. The average molecular weight is 432 g/mol. The van der Waals surface area contributed by atoms with Crippen molar-refractivity contribution in [3.8, 4) is 0 Å². The number of hydrogen-bond donors (Lipinski definition) is 2. The number of aromatic nitrogens is 1. The Hall–Kier alpha value is -3.74. The lowest BCUT2D eigenvalue weighted by molar-refractivity contribution is -0.115. The minimum atomic E-state index is -0.339. The van der Waals surface area contributed by atoms with Gasteiger partial charge in [-0.25, -0.2) is 4.39 Å². The predicted octanol–water partition coefficient (Wildman–Crippen LogP) is 3.93. The van der Waals surface area contributed by atoms with Gasteiger partial charge in [-0.15, -0.1) is 0 Å². The van der Waals surface area contributed by atoms with Crippen LogP contribution in [0.25, 0.3) is 0 Å². The maximum absolute atomic E-state index is 13.1. The minimum Gasteiger partial charge on any atom is -0.371 e. The zero-order valence-electron chi connectivity index (χ0n) is 17.7. The van der Waals surface area contributed by atoms with Crippen molar-refractivity contribution in [2.75, 3.05) is 23.3 Å². The molecule has 0 spiro atoms. The van der Waals surface area contributed by atoms with Gasteiger partial charge in [0.1, 0.15) is 5.82 Å². The number of pyridine rings is 1. The van der Waals surface area contributed by atoms with Gasteiger partial charge in [0, 0.05) is 43.4 Å². The van der Waals surface area contributed by atoms with E-state index in [0.29, 0.717) is 23.4 Å². The summed E-state index contributed by atoms with van der Waals surface area (Å²) in [4.78, 5) is 31.8. The molecule has 2 aromatic carbocycles. The summed E-state index contributed by atoms with van der Waals surface area (Å²) in [6.45, 7) is 2.17. The molecule has 0 bridgehead atoms. The van der Waals surface area contributed by atoms with Crippen LogP contribution in [0.5, 0.6) is 0 Å². The van der Waals surface area contributed by atoms with Crippen LogP contribution in [0, 0.1) is 5.82 Å². The van der Waals surface area contributed by atoms with E-state index in [-0.39, 0.29) is 24.1 Å². The van der Waals surface area contributed by atoms with Crippen molar-refractivity contribution in [2.45, 2.75) is 25.8 Å². The topological polar surface area (TPSA) is 74.3 Å². The van der Waals surface area contributed by atoms with Gasteiger partial charge in [0.2, 0.25) is 5.91 Å². The number of rotatable bonds is 7. The first-order valence-electron chi connectivity index (χ1n) is 10.7. The van der Waals surface area contributed by atoms with Crippen molar-refractivity contribution >= 4 is 23.2 Å². The van der Waals surface area contributed by atoms with E-state index in [1.807, 2.05) is 24.3 Å². The Labute approximate surface area is 186 Å². The first-order valence-corrected chi connectivity index (χ1v) is 10.7. The molecule has 0 atom stereocenters. The smallest absolute Gasteiger partial charge is 0.253 e. The Bertz CT molecular complexity index is 1080. The molecule has 3 aromatic rings. The van der Waals surface area contributed by atoms with Gasteiger partial charge >= 0.3 is 0 Å². The van der Waals surface area contributed by atoms with E-state index in [1.165, 1.54) is 12.1 Å². The summed E-state index contributed by atoms with van der Waals surface area (Å²) in [7, 11) is 0. The normalized spacial score (nSPS) is 13.1. The predicted molar refractivity (Wildman–Crippen MR) is 122 cm³/mol. The largest absolute Gasteiger partial charge is 0.371 e. The van der Waals surface area contributed by atoms with Crippen molar-refractivity contribution in [2.24, 2.45) is 0 Å². The summed E-state index contributed by atoms with van der Waals surface area (Å²) in [5.41, 5.74) is 3.56. The summed E-state index contributed by atoms with van der Waals surface area (Å²) in [5, 5.41) is 5.80. The van der Waals surface area contributed by atoms with Gasteiger partial charge in [-0.3, -0.25) is 14.6 Å². The zero-order chi connectivity index (χ0) is 22.3. The fraction of sp³-hybridized carbons (Fsp3) is 0.240. The average Bonchev–Trinajstić information content (AvgIpc) is 3.34. The molecule has 6 nitrogen and oxygen atoms in total. The van der Waals surface area contributed by atoms with Crippen molar-refractivity contribution in [3.05, 3.63) is 89.5 Å². The van der Waals surface area contributed by atoms with E-state index < -0.39 is 0 Å². The van der Waals surface area contributed by atoms with Crippen LogP contribution in [-0.4, -0.2) is 29.9 Å². The van der Waals surface area contributed by atoms with Gasteiger partial charge in [0.15, 0.2) is 0 Å². The molecular formula is C25H25FN4O2. The Kier molecular flexibility index (Phi) is 6.75. The lowest BCUT2D eigenvalue weighted by Crippen LogP contribution is -2.27. The van der Waals surface area contributed by atoms with Crippen LogP contribution in [-0.2, 0) is 17.8 Å². The lowest BCUT2D eigenvalue weighted by Gasteiger charge is -2.22. The zero-order valence-corrected chi connectivity index (χ0v) is 17.7. The van der Waals surface area contributed by atoms with E-state index >= 15 is 0 Å². The molecule has 1 saturated heterocycles. The minimum absolute atomic E-state index is 0.122. The number of carbonyl (C=O) groups excluding carboxylic acids is 2. The van der Waals surface area contributed by atoms with Gasteiger partial charge in [-0.1, -0.05) is 18.2 Å². The maximum atomic E-state index is 13.1. The van der Waals surface area contributed by atoms with E-state index in [1.54, 1.807) is 30.6 Å². The van der Waals surface area contributed by atoms with Crippen LogP contribution in [0.2, 0.25) is 0 Å². The maximum Gasteiger partial charge on any atom is 0.253 e. The molecule has 1 fully saturated rings. The molecule has 4 rings (SSSR count). The SMILES string of the molecule is O=C(Cc1ccc(F)cc1)Nc1ccc(N2CCCC2)c(C(=O)NCc2cccnc2)c1. The highest BCUT2D eigenvalue weighted by Crippen LogP contribution is 2.28. The molecule has 1 aromatic heterocycles. The molecule has 0 saturated carbocycles. The Morgan fingerprint density at radius 1 is 1.00 bits per heavy atom. The molecule has 2 N–H and O–H groups in total. The van der Waals surface area contributed by atoms with E-state index in [0.717, 1.165) is 37.2 Å². The quantitative estimate of drug-likeness (QED) is 0.593. The first-order chi connectivity index (χ1) is 15.6. The van der Waals surface area contributed by atoms with Crippen LogP contribution >= 0.6 is 0 Å². The molecular weight excluding hydrogens is 407 g/mol. The standard InChI is InChI=1S/C25H25FN4O2/c26-20-7-5-18(6-8-20)14-24(31)29-21-9-10-23(30-12-1-2-13-30)22(15-21)25(32)28-17-19-4-3-11-27-16-19/h3-11,15-16H,1-2,12-14,17H2,(H,28,32)(H,29,31). The Morgan fingerprint density at radius 2 is 1.78 bits per heavy atom. The highest BCUT2D eigenvalue weighted by atomic mass is 19.1. The molecule has 1 aliphatic heterocycles. The second-order valence-corrected chi connectivity index (χ2v) is 7.82. The van der Waals surface area contributed by atoms with Crippen LogP contribution in [0.15, 0.2) is 67.0 Å². The van der Waals surface area contributed by atoms with Crippen molar-refractivity contribution < 1.29 is 14.0 Å². The number of benzene rings is 2. The Balaban J connectivity index is 1.50.